The van der Waals surface area contributed by atoms with Crippen LogP contribution in [0.5, 0.6) is 0 Å². The molecule has 3 amide bonds. The Kier molecular flexibility index (Phi) is 5.48. The number of fused-ring (bicyclic) bond motifs is 1. The Bertz CT molecular complexity index is 969. The maximum absolute atomic E-state index is 12.5. The number of carbonyl (C=O) groups excluding carboxylic acids is 3. The molecule has 1 aromatic carbocycles. The van der Waals surface area contributed by atoms with Crippen LogP contribution in [-0.4, -0.2) is 51.3 Å². The van der Waals surface area contributed by atoms with Crippen LogP contribution in [0, 0.1) is 18.8 Å². The van der Waals surface area contributed by atoms with Crippen LogP contribution >= 0.6 is 0 Å². The second kappa shape index (κ2) is 8.22. The molecule has 0 N–H and O–H groups in total. The fourth-order valence-electron chi connectivity index (χ4n) is 3.92. The highest BCUT2D eigenvalue weighted by atomic mass is 16.5. The summed E-state index contributed by atoms with van der Waals surface area (Å²) in [5.74, 6) is -0.266. The number of likely N-dealkylation sites (tertiary alicyclic amines) is 1. The van der Waals surface area contributed by atoms with E-state index >= 15 is 0 Å². The van der Waals surface area contributed by atoms with Crippen molar-refractivity contribution in [3.05, 3.63) is 47.9 Å². The van der Waals surface area contributed by atoms with E-state index in [1.807, 2.05) is 43.3 Å². The van der Waals surface area contributed by atoms with Crippen molar-refractivity contribution < 1.29 is 18.9 Å². The molecule has 1 aliphatic heterocycles. The second-order valence-corrected chi connectivity index (χ2v) is 7.86. The van der Waals surface area contributed by atoms with Gasteiger partial charge in [0.25, 0.3) is 0 Å². The lowest BCUT2D eigenvalue weighted by atomic mass is 9.85. The topological polar surface area (TPSA) is 96.6 Å². The Morgan fingerprint density at radius 2 is 1.77 bits per heavy atom. The highest BCUT2D eigenvalue weighted by Gasteiger charge is 2.46. The Balaban J connectivity index is 1.32. The van der Waals surface area contributed by atoms with Crippen LogP contribution in [0.25, 0.3) is 11.4 Å². The Hall–Kier alpha value is -3.29. The number of amides is 3. The predicted molar refractivity (Wildman–Crippen MR) is 108 cm³/mol. The van der Waals surface area contributed by atoms with Crippen LogP contribution in [0.2, 0.25) is 0 Å². The molecule has 156 valence electrons. The third-order valence-electron chi connectivity index (χ3n) is 5.72. The first-order chi connectivity index (χ1) is 14.4. The van der Waals surface area contributed by atoms with Gasteiger partial charge in [0.2, 0.25) is 29.4 Å². The third kappa shape index (κ3) is 3.90. The van der Waals surface area contributed by atoms with Crippen molar-refractivity contribution >= 4 is 17.7 Å². The van der Waals surface area contributed by atoms with E-state index in [4.69, 9.17) is 4.52 Å². The van der Waals surface area contributed by atoms with Gasteiger partial charge in [-0.05, 0) is 19.8 Å². The first-order valence-electron chi connectivity index (χ1n) is 10.1. The first-order valence-corrected chi connectivity index (χ1v) is 10.1. The highest BCUT2D eigenvalue weighted by Crippen LogP contribution is 2.35. The standard InChI is InChI=1S/C22H24N4O4/c1-14-7-9-15(10-8-14)20-23-18(30-24-20)13-25(2)19(27)11-12-26-21(28)16-5-3-4-6-17(16)22(26)29/h3-4,7-10,16-17H,5-6,11-13H2,1-2H3/t16-,17+. The zero-order valence-electron chi connectivity index (χ0n) is 17.1. The number of allylic oxidation sites excluding steroid dienone is 2. The summed E-state index contributed by atoms with van der Waals surface area (Å²) in [5.41, 5.74) is 1.98. The molecule has 0 unspecified atom stereocenters. The normalized spacial score (nSPS) is 20.5. The van der Waals surface area contributed by atoms with Crippen molar-refractivity contribution in [3.8, 4) is 11.4 Å². The molecule has 2 heterocycles. The second-order valence-electron chi connectivity index (χ2n) is 7.86. The molecule has 8 nitrogen and oxygen atoms in total. The van der Waals surface area contributed by atoms with E-state index in [9.17, 15) is 14.4 Å². The van der Waals surface area contributed by atoms with Crippen LogP contribution in [0.15, 0.2) is 40.9 Å². The molecule has 0 bridgehead atoms. The summed E-state index contributed by atoms with van der Waals surface area (Å²) in [5, 5.41) is 3.97. The predicted octanol–water partition coefficient (Wildman–Crippen LogP) is 2.34. The first kappa shape index (κ1) is 20.0. The Morgan fingerprint density at radius 1 is 1.13 bits per heavy atom. The highest BCUT2D eigenvalue weighted by molar-refractivity contribution is 6.05. The van der Waals surface area contributed by atoms with E-state index in [-0.39, 0.29) is 49.1 Å². The van der Waals surface area contributed by atoms with E-state index in [1.54, 1.807) is 7.05 Å². The minimum Gasteiger partial charge on any atom is -0.337 e. The number of imide groups is 1. The number of aromatic nitrogens is 2. The van der Waals surface area contributed by atoms with E-state index in [1.165, 1.54) is 9.80 Å². The molecule has 0 radical (unpaired) electrons. The van der Waals surface area contributed by atoms with Crippen molar-refractivity contribution in [2.24, 2.45) is 11.8 Å². The monoisotopic (exact) mass is 408 g/mol. The fourth-order valence-corrected chi connectivity index (χ4v) is 3.92. The minimum atomic E-state index is -0.270. The molecule has 2 aromatic rings. The molecule has 1 aromatic heterocycles. The molecule has 2 atom stereocenters. The average molecular weight is 408 g/mol. The molecular formula is C22H24N4O4. The van der Waals surface area contributed by atoms with E-state index in [0.717, 1.165) is 11.1 Å². The van der Waals surface area contributed by atoms with Gasteiger partial charge in [0.15, 0.2) is 0 Å². The molecule has 4 rings (SSSR count). The van der Waals surface area contributed by atoms with Gasteiger partial charge in [-0.3, -0.25) is 19.3 Å². The summed E-state index contributed by atoms with van der Waals surface area (Å²) in [6.45, 7) is 2.27. The number of benzene rings is 1. The smallest absolute Gasteiger partial charge is 0.246 e. The fraction of sp³-hybridized carbons (Fsp3) is 0.409. The zero-order chi connectivity index (χ0) is 21.3. The SMILES string of the molecule is Cc1ccc(-c2noc(CN(C)C(=O)CCN3C(=O)[C@H]4CC=CC[C@H]4C3=O)n2)cc1. The van der Waals surface area contributed by atoms with Crippen molar-refractivity contribution in [3.63, 3.8) is 0 Å². The number of hydrogen-bond acceptors (Lipinski definition) is 6. The largest absolute Gasteiger partial charge is 0.337 e. The molecule has 2 aliphatic rings. The number of nitrogens with zero attached hydrogens (tertiary/aromatic N) is 4. The van der Waals surface area contributed by atoms with Gasteiger partial charge in [-0.1, -0.05) is 47.1 Å². The van der Waals surface area contributed by atoms with Gasteiger partial charge in [0.1, 0.15) is 0 Å². The third-order valence-corrected chi connectivity index (χ3v) is 5.72. The molecule has 1 aliphatic carbocycles. The zero-order valence-corrected chi connectivity index (χ0v) is 17.1. The summed E-state index contributed by atoms with van der Waals surface area (Å²) in [6.07, 6.45) is 5.16. The minimum absolute atomic E-state index is 0.0693. The lowest BCUT2D eigenvalue weighted by molar-refractivity contribution is -0.140. The summed E-state index contributed by atoms with van der Waals surface area (Å²) in [7, 11) is 1.63. The van der Waals surface area contributed by atoms with Crippen molar-refractivity contribution in [1.82, 2.24) is 19.9 Å². The maximum Gasteiger partial charge on any atom is 0.246 e. The van der Waals surface area contributed by atoms with Crippen molar-refractivity contribution in [2.45, 2.75) is 32.7 Å². The number of aryl methyl sites for hydroxylation is 1. The van der Waals surface area contributed by atoms with E-state index in [2.05, 4.69) is 10.1 Å². The molecule has 1 fully saturated rings. The number of hydrogen-bond donors (Lipinski definition) is 0. The number of rotatable bonds is 6. The average Bonchev–Trinajstić information content (AvgIpc) is 3.30. The maximum atomic E-state index is 12.5. The van der Waals surface area contributed by atoms with Gasteiger partial charge < -0.3 is 9.42 Å². The molecular weight excluding hydrogens is 384 g/mol. The van der Waals surface area contributed by atoms with E-state index < -0.39 is 0 Å². The van der Waals surface area contributed by atoms with Crippen LogP contribution in [-0.2, 0) is 20.9 Å². The summed E-state index contributed by atoms with van der Waals surface area (Å²) in [6, 6.07) is 7.76. The van der Waals surface area contributed by atoms with Gasteiger partial charge in [-0.15, -0.1) is 0 Å². The lowest BCUT2D eigenvalue weighted by Gasteiger charge is -2.18. The van der Waals surface area contributed by atoms with Crippen LogP contribution < -0.4 is 0 Å². The summed E-state index contributed by atoms with van der Waals surface area (Å²) < 4.78 is 5.27. The molecule has 0 spiro atoms. The molecule has 1 saturated heterocycles. The molecule has 0 saturated carbocycles. The summed E-state index contributed by atoms with van der Waals surface area (Å²) in [4.78, 5) is 44.6. The van der Waals surface area contributed by atoms with E-state index in [0.29, 0.717) is 24.6 Å². The van der Waals surface area contributed by atoms with Gasteiger partial charge in [-0.2, -0.15) is 4.98 Å². The molecule has 30 heavy (non-hydrogen) atoms. The quantitative estimate of drug-likeness (QED) is 0.538. The molecule has 8 heteroatoms. The lowest BCUT2D eigenvalue weighted by Crippen LogP contribution is -2.36. The number of carbonyl (C=O) groups is 3. The van der Waals surface area contributed by atoms with Crippen molar-refractivity contribution in [1.29, 1.82) is 0 Å². The van der Waals surface area contributed by atoms with Crippen LogP contribution in [0.1, 0.15) is 30.7 Å². The van der Waals surface area contributed by atoms with Gasteiger partial charge in [0, 0.05) is 25.6 Å². The van der Waals surface area contributed by atoms with Crippen molar-refractivity contribution in [2.75, 3.05) is 13.6 Å². The van der Waals surface area contributed by atoms with Crippen LogP contribution in [0.3, 0.4) is 0 Å². The summed E-state index contributed by atoms with van der Waals surface area (Å²) >= 11 is 0. The Morgan fingerprint density at radius 3 is 2.40 bits per heavy atom. The van der Waals surface area contributed by atoms with Gasteiger partial charge >= 0.3 is 0 Å². The van der Waals surface area contributed by atoms with Gasteiger partial charge in [-0.25, -0.2) is 0 Å². The van der Waals surface area contributed by atoms with Gasteiger partial charge in [0.05, 0.1) is 18.4 Å². The van der Waals surface area contributed by atoms with Crippen LogP contribution in [0.4, 0.5) is 0 Å². The Labute approximate surface area is 174 Å².